The Kier molecular flexibility index (Phi) is 8.48. The highest BCUT2D eigenvalue weighted by Crippen LogP contribution is 2.35. The van der Waals surface area contributed by atoms with E-state index >= 15 is 0 Å². The average molecular weight is 691 g/mol. The molecule has 0 radical (unpaired) electrons. The van der Waals surface area contributed by atoms with Gasteiger partial charge in [0.1, 0.15) is 0 Å². The smallest absolute Gasteiger partial charge is 0.164 e. The van der Waals surface area contributed by atoms with E-state index in [4.69, 9.17) is 24.9 Å². The van der Waals surface area contributed by atoms with Crippen LogP contribution in [0.3, 0.4) is 0 Å². The van der Waals surface area contributed by atoms with Crippen molar-refractivity contribution in [2.75, 3.05) is 0 Å². The molecule has 0 atom stereocenters. The predicted molar refractivity (Wildman–Crippen MR) is 216 cm³/mol. The first-order chi connectivity index (χ1) is 26.7. The number of fused-ring (bicyclic) bond motifs is 1. The van der Waals surface area contributed by atoms with Gasteiger partial charge in [-0.3, -0.25) is 0 Å². The summed E-state index contributed by atoms with van der Waals surface area (Å²) < 4.78 is 0. The van der Waals surface area contributed by atoms with E-state index in [0.717, 1.165) is 66.7 Å². The van der Waals surface area contributed by atoms with Gasteiger partial charge in [-0.05, 0) is 46.5 Å². The van der Waals surface area contributed by atoms with Crippen molar-refractivity contribution in [3.8, 4) is 85.1 Å². The van der Waals surface area contributed by atoms with Crippen molar-refractivity contribution in [2.24, 2.45) is 0 Å². The summed E-state index contributed by atoms with van der Waals surface area (Å²) in [4.78, 5) is 25.1. The first kappa shape index (κ1) is 32.3. The summed E-state index contributed by atoms with van der Waals surface area (Å²) in [6.45, 7) is 0. The van der Waals surface area contributed by atoms with Gasteiger partial charge in [-0.15, -0.1) is 0 Å². The first-order valence-electron chi connectivity index (χ1n) is 17.6. The molecule has 0 saturated carbocycles. The highest BCUT2D eigenvalue weighted by Gasteiger charge is 2.17. The summed E-state index contributed by atoms with van der Waals surface area (Å²) >= 11 is 0. The molecule has 2 aromatic heterocycles. The van der Waals surface area contributed by atoms with Crippen LogP contribution < -0.4 is 0 Å². The van der Waals surface area contributed by atoms with Crippen molar-refractivity contribution in [3.63, 3.8) is 0 Å². The number of hydrogen-bond acceptors (Lipinski definition) is 6. The fourth-order valence-electron chi connectivity index (χ4n) is 6.67. The van der Waals surface area contributed by atoms with Gasteiger partial charge >= 0.3 is 0 Å². The van der Waals surface area contributed by atoms with Crippen LogP contribution in [-0.4, -0.2) is 24.9 Å². The highest BCUT2D eigenvalue weighted by molar-refractivity contribution is 5.94. The molecule has 0 N–H and O–H groups in total. The molecule has 0 aliphatic rings. The number of hydrogen-bond donors (Lipinski definition) is 0. The van der Waals surface area contributed by atoms with E-state index in [2.05, 4.69) is 60.7 Å². The molecule has 6 heteroatoms. The molecule has 54 heavy (non-hydrogen) atoms. The van der Waals surface area contributed by atoms with E-state index < -0.39 is 0 Å². The molecular weight excluding hydrogens is 661 g/mol. The molecule has 0 saturated heterocycles. The molecule has 0 fully saturated rings. The van der Waals surface area contributed by atoms with Crippen LogP contribution in [0.15, 0.2) is 182 Å². The lowest BCUT2D eigenvalue weighted by molar-refractivity contribution is 1.07. The van der Waals surface area contributed by atoms with Crippen molar-refractivity contribution >= 4 is 10.9 Å². The second-order valence-electron chi connectivity index (χ2n) is 12.8. The average Bonchev–Trinajstić information content (AvgIpc) is 3.26. The largest absolute Gasteiger partial charge is 0.228 e. The summed E-state index contributed by atoms with van der Waals surface area (Å²) in [6.07, 6.45) is 0. The number of para-hydroxylation sites is 1. The minimum atomic E-state index is 0.573. The maximum Gasteiger partial charge on any atom is 0.164 e. The Morgan fingerprint density at radius 3 is 1.56 bits per heavy atom. The molecule has 252 valence electrons. The van der Waals surface area contributed by atoms with Crippen molar-refractivity contribution < 1.29 is 0 Å². The Bertz CT molecular complexity index is 2810. The van der Waals surface area contributed by atoms with Gasteiger partial charge in [0.05, 0.1) is 22.8 Å². The first-order valence-corrected chi connectivity index (χ1v) is 17.6. The lowest BCUT2D eigenvalue weighted by Gasteiger charge is -2.13. The standard InChI is InChI=1S/C48H30N6/c49-31-32-22-24-33(25-23-32)38-16-11-17-39(30-38)47-52-46(37-14-5-2-6-15-37)53-48(54-47)41-19-8-7-18-40(41)34-26-28-35(29-27-34)44-42-20-9-10-21-43(42)50-45(51-44)36-12-3-1-4-13-36/h1-30H. The van der Waals surface area contributed by atoms with Crippen LogP contribution in [0.4, 0.5) is 0 Å². The monoisotopic (exact) mass is 690 g/mol. The lowest BCUT2D eigenvalue weighted by Crippen LogP contribution is -2.01. The van der Waals surface area contributed by atoms with Crippen molar-refractivity contribution in [1.82, 2.24) is 24.9 Å². The molecule has 9 aromatic rings. The van der Waals surface area contributed by atoms with Crippen LogP contribution in [0.25, 0.3) is 90.0 Å². The zero-order valence-electron chi connectivity index (χ0n) is 29.0. The third-order valence-corrected chi connectivity index (χ3v) is 9.41. The molecule has 0 unspecified atom stereocenters. The summed E-state index contributed by atoms with van der Waals surface area (Å²) in [6, 6.07) is 62.9. The molecule has 0 amide bonds. The molecule has 2 heterocycles. The van der Waals surface area contributed by atoms with Gasteiger partial charge in [0, 0.05) is 33.2 Å². The van der Waals surface area contributed by atoms with Gasteiger partial charge < -0.3 is 0 Å². The second-order valence-corrected chi connectivity index (χ2v) is 12.8. The quantitative estimate of drug-likeness (QED) is 0.165. The minimum Gasteiger partial charge on any atom is -0.228 e. The minimum absolute atomic E-state index is 0.573. The Labute approximate surface area is 312 Å². The molecule has 9 rings (SSSR count). The molecule has 0 aliphatic heterocycles. The van der Waals surface area contributed by atoms with Crippen LogP contribution in [0.2, 0.25) is 0 Å². The third kappa shape index (κ3) is 6.38. The Balaban J connectivity index is 1.13. The molecule has 7 aromatic carbocycles. The summed E-state index contributed by atoms with van der Waals surface area (Å²) in [5.74, 6) is 2.44. The van der Waals surface area contributed by atoms with E-state index in [1.807, 2.05) is 127 Å². The van der Waals surface area contributed by atoms with Gasteiger partial charge in [-0.1, -0.05) is 158 Å². The highest BCUT2D eigenvalue weighted by atomic mass is 15.0. The van der Waals surface area contributed by atoms with E-state index in [1.54, 1.807) is 0 Å². The molecular formula is C48H30N6. The fraction of sp³-hybridized carbons (Fsp3) is 0. The number of nitriles is 1. The number of rotatable bonds is 7. The van der Waals surface area contributed by atoms with Gasteiger partial charge in [0.25, 0.3) is 0 Å². The lowest BCUT2D eigenvalue weighted by atomic mass is 9.96. The summed E-state index contributed by atoms with van der Waals surface area (Å²) in [7, 11) is 0. The molecule has 0 bridgehead atoms. The normalized spacial score (nSPS) is 10.9. The maximum absolute atomic E-state index is 9.29. The van der Waals surface area contributed by atoms with Crippen LogP contribution >= 0.6 is 0 Å². The predicted octanol–water partition coefficient (Wildman–Crippen LogP) is 11.4. The summed E-state index contributed by atoms with van der Waals surface area (Å²) in [5, 5.41) is 10.3. The Hall–Kier alpha value is -7.62. The maximum atomic E-state index is 9.29. The summed E-state index contributed by atoms with van der Waals surface area (Å²) in [5.41, 5.74) is 11.1. The number of aromatic nitrogens is 5. The van der Waals surface area contributed by atoms with Crippen LogP contribution in [-0.2, 0) is 0 Å². The number of benzene rings is 7. The van der Waals surface area contributed by atoms with Crippen LogP contribution in [0.1, 0.15) is 5.56 Å². The Morgan fingerprint density at radius 2 is 0.852 bits per heavy atom. The van der Waals surface area contributed by atoms with Crippen LogP contribution in [0.5, 0.6) is 0 Å². The van der Waals surface area contributed by atoms with Crippen molar-refractivity contribution in [2.45, 2.75) is 0 Å². The van der Waals surface area contributed by atoms with Gasteiger partial charge in [0.15, 0.2) is 23.3 Å². The van der Waals surface area contributed by atoms with E-state index in [-0.39, 0.29) is 0 Å². The fourth-order valence-corrected chi connectivity index (χ4v) is 6.67. The number of nitrogens with zero attached hydrogens (tertiary/aromatic N) is 6. The van der Waals surface area contributed by atoms with E-state index in [1.165, 1.54) is 0 Å². The third-order valence-electron chi connectivity index (χ3n) is 9.41. The van der Waals surface area contributed by atoms with E-state index in [9.17, 15) is 5.26 Å². The topological polar surface area (TPSA) is 88.2 Å². The SMILES string of the molecule is N#Cc1ccc(-c2cccc(-c3nc(-c4ccccc4)nc(-c4ccccc4-c4ccc(-c5nc(-c6ccccc6)nc6ccccc56)cc4)n3)c2)cc1. The molecule has 6 nitrogen and oxygen atoms in total. The zero-order valence-corrected chi connectivity index (χ0v) is 29.0. The van der Waals surface area contributed by atoms with Crippen molar-refractivity contribution in [3.05, 3.63) is 188 Å². The van der Waals surface area contributed by atoms with E-state index in [0.29, 0.717) is 28.9 Å². The molecule has 0 spiro atoms. The van der Waals surface area contributed by atoms with Gasteiger partial charge in [-0.25, -0.2) is 24.9 Å². The van der Waals surface area contributed by atoms with Gasteiger partial charge in [0.2, 0.25) is 0 Å². The zero-order chi connectivity index (χ0) is 36.3. The van der Waals surface area contributed by atoms with Crippen LogP contribution in [0, 0.1) is 11.3 Å². The van der Waals surface area contributed by atoms with Gasteiger partial charge in [-0.2, -0.15) is 5.26 Å². The van der Waals surface area contributed by atoms with Crippen molar-refractivity contribution in [1.29, 1.82) is 5.26 Å². The molecule has 0 aliphatic carbocycles. The Morgan fingerprint density at radius 1 is 0.333 bits per heavy atom. The second kappa shape index (κ2) is 14.2.